The van der Waals surface area contributed by atoms with E-state index in [4.69, 9.17) is 0 Å². The normalized spacial score (nSPS) is 11.7. The number of rotatable bonds is 6. The molecule has 0 spiro atoms. The zero-order chi connectivity index (χ0) is 14.2. The highest BCUT2D eigenvalue weighted by molar-refractivity contribution is 5.87. The zero-order valence-electron chi connectivity index (χ0n) is 11.8. The molecule has 1 amide bonds. The molecule has 1 aromatic heterocycles. The van der Waals surface area contributed by atoms with Gasteiger partial charge < -0.3 is 9.88 Å². The van der Waals surface area contributed by atoms with Gasteiger partial charge in [0.05, 0.1) is 0 Å². The molecule has 3 heteroatoms. The number of para-hydroxylation sites is 1. The number of nitrogens with zero attached hydrogens (tertiary/aromatic N) is 1. The molecular weight excluding hydrogens is 248 g/mol. The Morgan fingerprint density at radius 3 is 2.95 bits per heavy atom. The molecule has 0 atom stereocenters. The largest absolute Gasteiger partial charge is 0.352 e. The summed E-state index contributed by atoms with van der Waals surface area (Å²) in [5.41, 5.74) is 1.24. The van der Waals surface area contributed by atoms with E-state index in [0.29, 0.717) is 6.54 Å². The maximum absolute atomic E-state index is 11.5. The van der Waals surface area contributed by atoms with Crippen LogP contribution in [-0.2, 0) is 11.3 Å². The molecule has 0 saturated heterocycles. The molecule has 1 aromatic carbocycles. The Morgan fingerprint density at radius 2 is 2.10 bits per heavy atom. The minimum atomic E-state index is -0.0412. The lowest BCUT2D eigenvalue weighted by atomic mass is 10.2. The maximum atomic E-state index is 11.5. The molecule has 104 valence electrons. The summed E-state index contributed by atoms with van der Waals surface area (Å²) in [5, 5.41) is 4.13. The Bertz CT molecular complexity index is 623. The molecule has 0 aliphatic carbocycles. The standard InChI is InChI=1S/C17H20N2O/c1-2-3-4-10-17(20)18-12-7-13-19-14-11-15-8-5-6-9-16(15)19/h2-6,8-11,14H,7,12-13H2,1H3,(H,18,20)/b3-2+,10-4+. The van der Waals surface area contributed by atoms with Crippen LogP contribution in [0, 0.1) is 0 Å². The second-order valence-electron chi connectivity index (χ2n) is 4.60. The zero-order valence-corrected chi connectivity index (χ0v) is 11.8. The fourth-order valence-corrected chi connectivity index (χ4v) is 2.11. The van der Waals surface area contributed by atoms with Crippen LogP contribution in [0.4, 0.5) is 0 Å². The fraction of sp³-hybridized carbons (Fsp3) is 0.235. The first-order valence-corrected chi connectivity index (χ1v) is 6.92. The number of aromatic nitrogens is 1. The van der Waals surface area contributed by atoms with Gasteiger partial charge in [-0.2, -0.15) is 0 Å². The van der Waals surface area contributed by atoms with E-state index in [1.807, 2.05) is 31.2 Å². The lowest BCUT2D eigenvalue weighted by Crippen LogP contribution is -2.23. The van der Waals surface area contributed by atoms with E-state index >= 15 is 0 Å². The molecule has 0 radical (unpaired) electrons. The SMILES string of the molecule is C/C=C/C=C/C(=O)NCCCn1ccc2ccccc21. The van der Waals surface area contributed by atoms with Crippen molar-refractivity contribution in [2.24, 2.45) is 0 Å². The van der Waals surface area contributed by atoms with E-state index in [1.54, 1.807) is 12.2 Å². The minimum Gasteiger partial charge on any atom is -0.352 e. The Balaban J connectivity index is 1.77. The van der Waals surface area contributed by atoms with Crippen LogP contribution in [-0.4, -0.2) is 17.0 Å². The number of aryl methyl sites for hydroxylation is 1. The van der Waals surface area contributed by atoms with Crippen LogP contribution >= 0.6 is 0 Å². The second-order valence-corrected chi connectivity index (χ2v) is 4.60. The fourth-order valence-electron chi connectivity index (χ4n) is 2.11. The van der Waals surface area contributed by atoms with Crippen LogP contribution in [0.2, 0.25) is 0 Å². The molecule has 2 aromatic rings. The molecule has 0 fully saturated rings. The first kappa shape index (κ1) is 14.1. The number of benzene rings is 1. The van der Waals surface area contributed by atoms with Crippen molar-refractivity contribution in [3.8, 4) is 0 Å². The number of fused-ring (bicyclic) bond motifs is 1. The average molecular weight is 268 g/mol. The van der Waals surface area contributed by atoms with E-state index in [9.17, 15) is 4.79 Å². The van der Waals surface area contributed by atoms with E-state index in [1.165, 1.54) is 10.9 Å². The summed E-state index contributed by atoms with van der Waals surface area (Å²) in [6, 6.07) is 10.4. The third-order valence-corrected chi connectivity index (χ3v) is 3.11. The second kappa shape index (κ2) is 7.34. The smallest absolute Gasteiger partial charge is 0.243 e. The van der Waals surface area contributed by atoms with Crippen molar-refractivity contribution in [1.82, 2.24) is 9.88 Å². The lowest BCUT2D eigenvalue weighted by molar-refractivity contribution is -0.116. The quantitative estimate of drug-likeness (QED) is 0.487. The molecular formula is C17H20N2O. The van der Waals surface area contributed by atoms with E-state index in [-0.39, 0.29) is 5.91 Å². The summed E-state index contributed by atoms with van der Waals surface area (Å²) in [6.45, 7) is 3.52. The van der Waals surface area contributed by atoms with E-state index in [0.717, 1.165) is 13.0 Å². The first-order chi connectivity index (χ1) is 9.81. The molecule has 1 N–H and O–H groups in total. The summed E-state index contributed by atoms with van der Waals surface area (Å²) in [6.07, 6.45) is 10.0. The van der Waals surface area contributed by atoms with Gasteiger partial charge in [0, 0.05) is 30.9 Å². The summed E-state index contributed by atoms with van der Waals surface area (Å²) >= 11 is 0. The Labute approximate surface area is 119 Å². The number of carbonyl (C=O) groups excluding carboxylic acids is 1. The van der Waals surface area contributed by atoms with Crippen LogP contribution in [0.3, 0.4) is 0 Å². The van der Waals surface area contributed by atoms with Crippen molar-refractivity contribution in [3.63, 3.8) is 0 Å². The number of hydrogen-bond donors (Lipinski definition) is 1. The molecule has 0 unspecified atom stereocenters. The van der Waals surface area contributed by atoms with Crippen LogP contribution in [0.15, 0.2) is 60.8 Å². The van der Waals surface area contributed by atoms with E-state index < -0.39 is 0 Å². The Morgan fingerprint density at radius 1 is 1.25 bits per heavy atom. The van der Waals surface area contributed by atoms with Gasteiger partial charge in [0.2, 0.25) is 5.91 Å². The molecule has 0 aliphatic heterocycles. The van der Waals surface area contributed by atoms with Crippen molar-refractivity contribution in [3.05, 3.63) is 60.8 Å². The van der Waals surface area contributed by atoms with Crippen LogP contribution in [0.1, 0.15) is 13.3 Å². The van der Waals surface area contributed by atoms with Crippen LogP contribution in [0.5, 0.6) is 0 Å². The van der Waals surface area contributed by atoms with Gasteiger partial charge >= 0.3 is 0 Å². The van der Waals surface area contributed by atoms with Gasteiger partial charge in [-0.25, -0.2) is 0 Å². The van der Waals surface area contributed by atoms with Gasteiger partial charge in [-0.3, -0.25) is 4.79 Å². The highest BCUT2D eigenvalue weighted by Gasteiger charge is 1.99. The van der Waals surface area contributed by atoms with Gasteiger partial charge in [-0.15, -0.1) is 0 Å². The number of nitrogens with one attached hydrogen (secondary N) is 1. The molecule has 0 aliphatic rings. The predicted molar refractivity (Wildman–Crippen MR) is 83.5 cm³/mol. The Kier molecular flexibility index (Phi) is 5.18. The highest BCUT2D eigenvalue weighted by atomic mass is 16.1. The topological polar surface area (TPSA) is 34.0 Å². The summed E-state index contributed by atoms with van der Waals surface area (Å²) in [5.74, 6) is -0.0412. The maximum Gasteiger partial charge on any atom is 0.243 e. The third-order valence-electron chi connectivity index (χ3n) is 3.11. The van der Waals surface area contributed by atoms with Crippen LogP contribution < -0.4 is 5.32 Å². The molecule has 20 heavy (non-hydrogen) atoms. The summed E-state index contributed by atoms with van der Waals surface area (Å²) < 4.78 is 2.22. The van der Waals surface area contributed by atoms with Gasteiger partial charge in [0.25, 0.3) is 0 Å². The average Bonchev–Trinajstić information content (AvgIpc) is 2.87. The predicted octanol–water partition coefficient (Wildman–Crippen LogP) is 3.28. The summed E-state index contributed by atoms with van der Waals surface area (Å²) in [4.78, 5) is 11.5. The molecule has 3 nitrogen and oxygen atoms in total. The summed E-state index contributed by atoms with van der Waals surface area (Å²) in [7, 11) is 0. The lowest BCUT2D eigenvalue weighted by Gasteiger charge is -2.06. The van der Waals surface area contributed by atoms with Crippen molar-refractivity contribution < 1.29 is 4.79 Å². The van der Waals surface area contributed by atoms with Gasteiger partial charge in [0.1, 0.15) is 0 Å². The molecule has 2 rings (SSSR count). The number of allylic oxidation sites excluding steroid dienone is 3. The van der Waals surface area contributed by atoms with Crippen molar-refractivity contribution in [2.45, 2.75) is 19.9 Å². The van der Waals surface area contributed by atoms with Gasteiger partial charge in [-0.05, 0) is 30.9 Å². The van der Waals surface area contributed by atoms with Crippen molar-refractivity contribution in [1.29, 1.82) is 0 Å². The van der Waals surface area contributed by atoms with Gasteiger partial charge in [0.15, 0.2) is 0 Å². The van der Waals surface area contributed by atoms with E-state index in [2.05, 4.69) is 34.3 Å². The molecule has 0 saturated carbocycles. The van der Waals surface area contributed by atoms with Gasteiger partial charge in [-0.1, -0.05) is 36.4 Å². The minimum absolute atomic E-state index is 0.0412. The molecule has 0 bridgehead atoms. The Hall–Kier alpha value is -2.29. The third kappa shape index (κ3) is 3.85. The number of amides is 1. The molecule has 1 heterocycles. The van der Waals surface area contributed by atoms with Crippen molar-refractivity contribution in [2.75, 3.05) is 6.54 Å². The number of carbonyl (C=O) groups is 1. The monoisotopic (exact) mass is 268 g/mol. The highest BCUT2D eigenvalue weighted by Crippen LogP contribution is 2.15. The number of hydrogen-bond acceptors (Lipinski definition) is 1. The van der Waals surface area contributed by atoms with Crippen molar-refractivity contribution >= 4 is 16.8 Å². The first-order valence-electron chi connectivity index (χ1n) is 6.92. The van der Waals surface area contributed by atoms with Crippen LogP contribution in [0.25, 0.3) is 10.9 Å².